The summed E-state index contributed by atoms with van der Waals surface area (Å²) in [5, 5.41) is 7.19. The Morgan fingerprint density at radius 1 is 0.897 bits per heavy atom. The molecule has 5 aliphatic rings. The molecule has 1 aromatic carbocycles. The second kappa shape index (κ2) is 6.68. The topological polar surface area (TPSA) is 24.1 Å². The maximum atomic E-state index is 3.60. The molecule has 2 nitrogen and oxygen atoms in total. The van der Waals surface area contributed by atoms with Gasteiger partial charge in [0.05, 0.1) is 0 Å². The molecule has 0 bridgehead atoms. The van der Waals surface area contributed by atoms with Crippen molar-refractivity contribution >= 4 is 0 Å². The van der Waals surface area contributed by atoms with Gasteiger partial charge in [-0.1, -0.05) is 55.5 Å². The minimum atomic E-state index is 0.327. The molecule has 3 aliphatic carbocycles. The molecule has 0 amide bonds. The summed E-state index contributed by atoms with van der Waals surface area (Å²) in [7, 11) is 0. The maximum Gasteiger partial charge on any atom is 0.0130 e. The van der Waals surface area contributed by atoms with Crippen molar-refractivity contribution < 1.29 is 0 Å². The molecule has 1 aromatic rings. The van der Waals surface area contributed by atoms with Gasteiger partial charge in [-0.15, -0.1) is 0 Å². The fourth-order valence-electron chi connectivity index (χ4n) is 7.61. The molecule has 0 saturated carbocycles. The largest absolute Gasteiger partial charge is 0.317 e. The van der Waals surface area contributed by atoms with E-state index in [2.05, 4.69) is 66.1 Å². The van der Waals surface area contributed by atoms with Gasteiger partial charge in [0.2, 0.25) is 0 Å². The Balaban J connectivity index is 1.36. The third kappa shape index (κ3) is 2.61. The Hall–Kier alpha value is -1.64. The summed E-state index contributed by atoms with van der Waals surface area (Å²) in [6.45, 7) is 7.20. The monoisotopic (exact) mass is 386 g/mol. The van der Waals surface area contributed by atoms with Crippen molar-refractivity contribution in [2.45, 2.75) is 50.4 Å². The Bertz CT molecular complexity index is 893. The van der Waals surface area contributed by atoms with Crippen molar-refractivity contribution in [3.8, 4) is 0 Å². The predicted octanol–water partition coefficient (Wildman–Crippen LogP) is 4.85. The van der Waals surface area contributed by atoms with Gasteiger partial charge in [0.15, 0.2) is 0 Å². The van der Waals surface area contributed by atoms with Gasteiger partial charge in [0, 0.05) is 5.41 Å². The van der Waals surface area contributed by atoms with Crippen LogP contribution >= 0.6 is 0 Å². The smallest absolute Gasteiger partial charge is 0.0130 e. The van der Waals surface area contributed by atoms with Crippen LogP contribution in [-0.4, -0.2) is 26.2 Å². The van der Waals surface area contributed by atoms with Crippen LogP contribution in [0.3, 0.4) is 0 Å². The van der Waals surface area contributed by atoms with E-state index in [0.717, 1.165) is 13.1 Å². The van der Waals surface area contributed by atoms with Crippen molar-refractivity contribution in [1.29, 1.82) is 0 Å². The van der Waals surface area contributed by atoms with Gasteiger partial charge in [0.25, 0.3) is 0 Å². The van der Waals surface area contributed by atoms with Crippen molar-refractivity contribution in [3.63, 3.8) is 0 Å². The first-order chi connectivity index (χ1) is 14.2. The predicted molar refractivity (Wildman–Crippen MR) is 120 cm³/mol. The summed E-state index contributed by atoms with van der Waals surface area (Å²) in [5.74, 6) is 1.94. The van der Waals surface area contributed by atoms with E-state index in [1.165, 1.54) is 50.8 Å². The zero-order valence-corrected chi connectivity index (χ0v) is 17.7. The van der Waals surface area contributed by atoms with Crippen molar-refractivity contribution in [2.24, 2.45) is 17.3 Å². The first-order valence-corrected chi connectivity index (χ1v) is 11.9. The van der Waals surface area contributed by atoms with Gasteiger partial charge < -0.3 is 10.6 Å². The average molecular weight is 387 g/mol. The first-order valence-electron chi connectivity index (χ1n) is 11.9. The summed E-state index contributed by atoms with van der Waals surface area (Å²) in [4.78, 5) is 0. The fraction of sp³-hybridized carbons (Fsp3) is 0.556. The molecule has 6 rings (SSSR count). The Morgan fingerprint density at radius 2 is 1.62 bits per heavy atom. The normalized spacial score (nSPS) is 34.0. The lowest BCUT2D eigenvalue weighted by molar-refractivity contribution is 0.245. The van der Waals surface area contributed by atoms with E-state index in [0.29, 0.717) is 28.6 Å². The number of hydrogen-bond donors (Lipinski definition) is 2. The minimum absolute atomic E-state index is 0.327. The highest BCUT2D eigenvalue weighted by atomic mass is 14.9. The van der Waals surface area contributed by atoms with Crippen molar-refractivity contribution in [3.05, 3.63) is 70.8 Å². The van der Waals surface area contributed by atoms with Crippen LogP contribution in [0.4, 0.5) is 0 Å². The number of fused-ring (bicyclic) bond motifs is 3. The van der Waals surface area contributed by atoms with Gasteiger partial charge >= 0.3 is 0 Å². The minimum Gasteiger partial charge on any atom is -0.317 e. The summed E-state index contributed by atoms with van der Waals surface area (Å²) >= 11 is 0. The molecule has 3 atom stereocenters. The summed E-state index contributed by atoms with van der Waals surface area (Å²) < 4.78 is 0. The fourth-order valence-corrected chi connectivity index (χ4v) is 7.61. The summed E-state index contributed by atoms with van der Waals surface area (Å²) in [5.41, 5.74) is 7.36. The van der Waals surface area contributed by atoms with Crippen LogP contribution in [0.5, 0.6) is 0 Å². The van der Waals surface area contributed by atoms with Crippen LogP contribution in [0.15, 0.2) is 59.7 Å². The third-order valence-corrected chi connectivity index (χ3v) is 9.02. The molecule has 2 heteroatoms. The van der Waals surface area contributed by atoms with E-state index in [4.69, 9.17) is 0 Å². The molecule has 2 fully saturated rings. The van der Waals surface area contributed by atoms with E-state index in [-0.39, 0.29) is 0 Å². The van der Waals surface area contributed by atoms with Crippen LogP contribution in [0.25, 0.3) is 0 Å². The van der Waals surface area contributed by atoms with E-state index in [1.807, 2.05) is 0 Å². The van der Waals surface area contributed by atoms with Crippen LogP contribution in [0.1, 0.15) is 56.1 Å². The zero-order chi connectivity index (χ0) is 19.5. The molecular weight excluding hydrogens is 352 g/mol. The van der Waals surface area contributed by atoms with E-state index in [1.54, 1.807) is 16.7 Å². The molecule has 2 N–H and O–H groups in total. The van der Waals surface area contributed by atoms with Gasteiger partial charge in [0.1, 0.15) is 0 Å². The SMILES string of the molecule is CC1C2=C(C=CC1C1CC3(CCNCC3)c3ccccc31)C=CC21CCNCC1. The second-order valence-electron chi connectivity index (χ2n) is 10.3. The number of piperidine rings is 2. The first kappa shape index (κ1) is 18.2. The van der Waals surface area contributed by atoms with Gasteiger partial charge in [-0.25, -0.2) is 0 Å². The lowest BCUT2D eigenvalue weighted by Crippen LogP contribution is -2.40. The lowest BCUT2D eigenvalue weighted by atomic mass is 9.63. The van der Waals surface area contributed by atoms with E-state index >= 15 is 0 Å². The van der Waals surface area contributed by atoms with Crippen molar-refractivity contribution in [1.82, 2.24) is 10.6 Å². The number of rotatable bonds is 1. The molecule has 0 aromatic heterocycles. The molecule has 2 heterocycles. The molecule has 0 radical (unpaired) electrons. The molecule has 2 aliphatic heterocycles. The van der Waals surface area contributed by atoms with E-state index < -0.39 is 0 Å². The number of allylic oxidation sites excluding steroid dienone is 6. The second-order valence-corrected chi connectivity index (χ2v) is 10.3. The number of benzene rings is 1. The number of nitrogens with one attached hydrogen (secondary N) is 2. The molecule has 3 unspecified atom stereocenters. The summed E-state index contributed by atoms with van der Waals surface area (Å²) in [6.07, 6.45) is 16.5. The highest BCUT2D eigenvalue weighted by Gasteiger charge is 2.49. The van der Waals surface area contributed by atoms with Gasteiger partial charge in [-0.05, 0) is 104 Å². The molecule has 152 valence electrons. The van der Waals surface area contributed by atoms with Gasteiger partial charge in [-0.3, -0.25) is 0 Å². The average Bonchev–Trinajstić information content (AvgIpc) is 3.27. The quantitative estimate of drug-likeness (QED) is 0.721. The highest BCUT2D eigenvalue weighted by Crippen LogP contribution is 2.59. The molecule has 2 saturated heterocycles. The van der Waals surface area contributed by atoms with Crippen molar-refractivity contribution in [2.75, 3.05) is 26.2 Å². The van der Waals surface area contributed by atoms with E-state index in [9.17, 15) is 0 Å². The van der Waals surface area contributed by atoms with Crippen LogP contribution in [0, 0.1) is 17.3 Å². The van der Waals surface area contributed by atoms with Crippen LogP contribution in [-0.2, 0) is 5.41 Å². The maximum absolute atomic E-state index is 3.60. The Labute approximate surface area is 175 Å². The number of hydrogen-bond acceptors (Lipinski definition) is 2. The van der Waals surface area contributed by atoms with Crippen LogP contribution < -0.4 is 10.6 Å². The zero-order valence-electron chi connectivity index (χ0n) is 17.7. The Kier molecular flexibility index (Phi) is 4.18. The highest BCUT2D eigenvalue weighted by molar-refractivity contribution is 5.53. The third-order valence-electron chi connectivity index (χ3n) is 9.02. The molecule has 29 heavy (non-hydrogen) atoms. The Morgan fingerprint density at radius 3 is 2.41 bits per heavy atom. The van der Waals surface area contributed by atoms with Crippen LogP contribution in [0.2, 0.25) is 0 Å². The molecule has 2 spiro atoms. The standard InChI is InChI=1S/C27H34N2/c1-19-21(7-6-20-8-9-26(25(19)20)10-14-28-15-11-26)23-18-27(12-16-29-17-13-27)24-5-3-2-4-22(23)24/h2-9,19,21,23,28-29H,10-18H2,1H3. The summed E-state index contributed by atoms with van der Waals surface area (Å²) in [6, 6.07) is 9.46. The lowest BCUT2D eigenvalue weighted by Gasteiger charge is -2.43. The van der Waals surface area contributed by atoms with Gasteiger partial charge in [-0.2, -0.15) is 0 Å². The molecular formula is C27H34N2.